The lowest BCUT2D eigenvalue weighted by atomic mass is 10.0. The number of rotatable bonds is 74. The van der Waals surface area contributed by atoms with Crippen molar-refractivity contribution in [2.45, 2.75) is 367 Å². The molecule has 19 heteroatoms. The molecule has 0 aromatic rings. The number of carbonyl (C=O) groups is 4. The standard InChI is InChI=1S/C79H142O17P2/c1-5-9-13-17-21-25-29-33-35-36-38-41-44-48-52-56-60-64-77(82)90-70-75(96-79(84)66-62-58-54-50-46-42-37-34-30-26-22-18-14-10-6-2)72-94-98(87,88)92-68-73(80)67-91-97(85,86)93-71-74(95-78(83)65-61-57-53-49-45-40-32-28-24-20-16-12-8-4)69-89-76(81)63-59-55-51-47-43-39-31-27-23-19-15-11-7-3/h21,25,27-28,31-33,35,38,41,48,52,73-75,80H,5-20,22-24,26,29-30,34,36-37,39-40,42-47,49-51,53-72H2,1-4H3,(H,85,86)(H,87,88)/b25-21-,31-27-,32-28-,35-33-,41-38-,52-48-/t73-,74+,75+/m0/s1. The zero-order valence-corrected chi connectivity index (χ0v) is 64.0. The van der Waals surface area contributed by atoms with Gasteiger partial charge >= 0.3 is 39.5 Å². The van der Waals surface area contributed by atoms with Crippen molar-refractivity contribution in [1.82, 2.24) is 0 Å². The van der Waals surface area contributed by atoms with Gasteiger partial charge in [-0.25, -0.2) is 9.13 Å². The van der Waals surface area contributed by atoms with Gasteiger partial charge < -0.3 is 33.8 Å². The van der Waals surface area contributed by atoms with Gasteiger partial charge in [0.2, 0.25) is 0 Å². The summed E-state index contributed by atoms with van der Waals surface area (Å²) in [7, 11) is -9.95. The summed E-state index contributed by atoms with van der Waals surface area (Å²) in [5, 5.41) is 10.6. The van der Waals surface area contributed by atoms with Crippen LogP contribution in [0.1, 0.15) is 349 Å². The highest BCUT2D eigenvalue weighted by Crippen LogP contribution is 2.45. The number of phosphoric acid groups is 2. The van der Waals surface area contributed by atoms with E-state index in [-0.39, 0.29) is 25.7 Å². The Morgan fingerprint density at radius 2 is 0.510 bits per heavy atom. The highest BCUT2D eigenvalue weighted by molar-refractivity contribution is 7.47. The number of aliphatic hydroxyl groups excluding tert-OH is 1. The molecule has 5 atom stereocenters. The van der Waals surface area contributed by atoms with E-state index in [2.05, 4.69) is 88.5 Å². The van der Waals surface area contributed by atoms with Crippen molar-refractivity contribution in [3.05, 3.63) is 72.9 Å². The molecule has 98 heavy (non-hydrogen) atoms. The maximum atomic E-state index is 13.1. The maximum absolute atomic E-state index is 13.1. The van der Waals surface area contributed by atoms with Crippen LogP contribution in [-0.4, -0.2) is 96.7 Å². The first-order chi connectivity index (χ1) is 47.7. The van der Waals surface area contributed by atoms with Crippen LogP contribution in [0.2, 0.25) is 0 Å². The van der Waals surface area contributed by atoms with Crippen LogP contribution < -0.4 is 0 Å². The van der Waals surface area contributed by atoms with E-state index in [1.807, 2.05) is 12.2 Å². The topological polar surface area (TPSA) is 237 Å². The normalized spacial score (nSPS) is 14.3. The Kier molecular flexibility index (Phi) is 69.3. The van der Waals surface area contributed by atoms with Gasteiger partial charge in [0, 0.05) is 25.7 Å². The second-order valence-corrected chi connectivity index (χ2v) is 29.2. The molecule has 0 saturated heterocycles. The SMILES string of the molecule is CCCCC/C=C\C/C=C\C/C=C\C/C=C\CCCC(=O)OC[C@H](COP(=O)(O)OC[C@@H](O)COP(=O)(O)OC[C@@H](COC(=O)CCCCCCC/C=C\CCCCCC)OC(=O)CCCCCCC/C=C\CCCCCC)OC(=O)CCCCCCCCCCCCCCCCC. The fourth-order valence-electron chi connectivity index (χ4n) is 10.6. The van der Waals surface area contributed by atoms with Crippen molar-refractivity contribution in [3.63, 3.8) is 0 Å². The number of hydrogen-bond acceptors (Lipinski definition) is 15. The van der Waals surface area contributed by atoms with Gasteiger partial charge in [0.05, 0.1) is 26.4 Å². The zero-order valence-electron chi connectivity index (χ0n) is 62.2. The number of ether oxygens (including phenoxy) is 4. The lowest BCUT2D eigenvalue weighted by Gasteiger charge is -2.21. The summed E-state index contributed by atoms with van der Waals surface area (Å²) in [5.74, 6) is -2.23. The molecule has 0 saturated carbocycles. The van der Waals surface area contributed by atoms with E-state index in [0.29, 0.717) is 32.1 Å². The third kappa shape index (κ3) is 70.9. The molecule has 0 aliphatic rings. The lowest BCUT2D eigenvalue weighted by Crippen LogP contribution is -2.30. The summed E-state index contributed by atoms with van der Waals surface area (Å²) in [4.78, 5) is 72.8. The van der Waals surface area contributed by atoms with E-state index in [1.165, 1.54) is 135 Å². The van der Waals surface area contributed by atoms with Gasteiger partial charge in [0.15, 0.2) is 12.2 Å². The predicted octanol–water partition coefficient (Wildman–Crippen LogP) is 22.4. The Balaban J connectivity index is 5.37. The van der Waals surface area contributed by atoms with Gasteiger partial charge in [-0.05, 0) is 116 Å². The fraction of sp³-hybridized carbons (Fsp3) is 0.797. The molecule has 17 nitrogen and oxygen atoms in total. The van der Waals surface area contributed by atoms with Crippen molar-refractivity contribution in [3.8, 4) is 0 Å². The molecule has 0 heterocycles. The van der Waals surface area contributed by atoms with Crippen LogP contribution in [0.5, 0.6) is 0 Å². The minimum absolute atomic E-state index is 0.0852. The minimum Gasteiger partial charge on any atom is -0.462 e. The molecule has 0 rings (SSSR count). The quantitative estimate of drug-likeness (QED) is 0.0169. The Morgan fingerprint density at radius 3 is 0.847 bits per heavy atom. The highest BCUT2D eigenvalue weighted by atomic mass is 31.2. The van der Waals surface area contributed by atoms with Crippen molar-refractivity contribution >= 4 is 39.5 Å². The number of allylic oxidation sites excluding steroid dienone is 12. The average molecular weight is 1430 g/mol. The second kappa shape index (κ2) is 71.9. The Bertz CT molecular complexity index is 2140. The van der Waals surface area contributed by atoms with E-state index in [4.69, 9.17) is 37.0 Å². The van der Waals surface area contributed by atoms with Crippen molar-refractivity contribution in [1.29, 1.82) is 0 Å². The summed E-state index contributed by atoms with van der Waals surface area (Å²) >= 11 is 0. The molecule has 2 unspecified atom stereocenters. The Labute approximate surface area is 596 Å². The van der Waals surface area contributed by atoms with Gasteiger partial charge in [0.1, 0.15) is 19.3 Å². The molecule has 0 aliphatic heterocycles. The van der Waals surface area contributed by atoms with Gasteiger partial charge in [-0.2, -0.15) is 0 Å². The number of esters is 4. The van der Waals surface area contributed by atoms with E-state index >= 15 is 0 Å². The lowest BCUT2D eigenvalue weighted by molar-refractivity contribution is -0.161. The molecule has 0 spiro atoms. The summed E-state index contributed by atoms with van der Waals surface area (Å²) in [6, 6.07) is 0. The molecule has 0 aliphatic carbocycles. The van der Waals surface area contributed by atoms with Gasteiger partial charge in [-0.3, -0.25) is 37.3 Å². The number of phosphoric ester groups is 2. The molecular weight excluding hydrogens is 1280 g/mol. The van der Waals surface area contributed by atoms with Crippen molar-refractivity contribution < 1.29 is 80.2 Å². The van der Waals surface area contributed by atoms with Crippen molar-refractivity contribution in [2.24, 2.45) is 0 Å². The van der Waals surface area contributed by atoms with E-state index < -0.39 is 97.5 Å². The van der Waals surface area contributed by atoms with Crippen LogP contribution in [-0.2, 0) is 65.4 Å². The number of carbonyl (C=O) groups excluding carboxylic acids is 4. The number of aliphatic hydroxyl groups is 1. The molecule has 0 amide bonds. The third-order valence-corrected chi connectivity index (χ3v) is 18.5. The maximum Gasteiger partial charge on any atom is 0.472 e. The van der Waals surface area contributed by atoms with Crippen LogP contribution in [0.15, 0.2) is 72.9 Å². The van der Waals surface area contributed by atoms with Crippen molar-refractivity contribution in [2.75, 3.05) is 39.6 Å². The molecule has 0 radical (unpaired) electrons. The van der Waals surface area contributed by atoms with Crippen LogP contribution in [0, 0.1) is 0 Å². The first kappa shape index (κ1) is 94.5. The van der Waals surface area contributed by atoms with Crippen LogP contribution in [0.3, 0.4) is 0 Å². The number of unbranched alkanes of at least 4 members (excludes halogenated alkanes) is 36. The van der Waals surface area contributed by atoms with E-state index in [1.54, 1.807) is 0 Å². The Morgan fingerprint density at radius 1 is 0.286 bits per heavy atom. The predicted molar refractivity (Wildman–Crippen MR) is 400 cm³/mol. The summed E-state index contributed by atoms with van der Waals surface area (Å²) in [5.41, 5.74) is 0. The van der Waals surface area contributed by atoms with E-state index in [0.717, 1.165) is 128 Å². The molecule has 0 aromatic carbocycles. The third-order valence-electron chi connectivity index (χ3n) is 16.6. The summed E-state index contributed by atoms with van der Waals surface area (Å²) in [6.07, 6.45) is 71.8. The molecule has 3 N–H and O–H groups in total. The smallest absolute Gasteiger partial charge is 0.462 e. The first-order valence-electron chi connectivity index (χ1n) is 39.2. The van der Waals surface area contributed by atoms with Crippen LogP contribution >= 0.6 is 15.6 Å². The van der Waals surface area contributed by atoms with Gasteiger partial charge in [-0.15, -0.1) is 0 Å². The average Bonchev–Trinajstić information content (AvgIpc) is 1.05. The van der Waals surface area contributed by atoms with Crippen LogP contribution in [0.25, 0.3) is 0 Å². The minimum atomic E-state index is -4.98. The largest absolute Gasteiger partial charge is 0.472 e. The monoisotopic (exact) mass is 1420 g/mol. The zero-order chi connectivity index (χ0) is 71.8. The summed E-state index contributed by atoms with van der Waals surface area (Å²) in [6.45, 7) is 4.79. The first-order valence-corrected chi connectivity index (χ1v) is 42.2. The fourth-order valence-corrected chi connectivity index (χ4v) is 12.2. The van der Waals surface area contributed by atoms with Gasteiger partial charge in [0.25, 0.3) is 0 Å². The Hall–Kier alpha value is -3.50. The molecule has 0 fully saturated rings. The summed E-state index contributed by atoms with van der Waals surface area (Å²) < 4.78 is 68.5. The van der Waals surface area contributed by atoms with E-state index in [9.17, 15) is 43.2 Å². The van der Waals surface area contributed by atoms with Crippen LogP contribution in [0.4, 0.5) is 0 Å². The molecule has 0 aromatic heterocycles. The molecule has 0 bridgehead atoms. The molecular formula is C79H142O17P2. The van der Waals surface area contributed by atoms with Gasteiger partial charge in [-0.1, -0.05) is 280 Å². The molecule has 570 valence electrons. The highest BCUT2D eigenvalue weighted by Gasteiger charge is 2.30. The second-order valence-electron chi connectivity index (χ2n) is 26.3. The number of hydrogen-bond donors (Lipinski definition) is 3.